The van der Waals surface area contributed by atoms with Gasteiger partial charge in [-0.05, 0) is 23.5 Å². The van der Waals surface area contributed by atoms with Crippen molar-refractivity contribution < 1.29 is 14.7 Å². The molecular formula is C19H28N2O3. The van der Waals surface area contributed by atoms with Crippen LogP contribution in [-0.2, 0) is 11.3 Å². The number of benzene rings is 1. The van der Waals surface area contributed by atoms with Gasteiger partial charge in [-0.15, -0.1) is 0 Å². The normalized spacial score (nSPS) is 17.6. The Labute approximate surface area is 144 Å². The Morgan fingerprint density at radius 2 is 1.96 bits per heavy atom. The van der Waals surface area contributed by atoms with Crippen LogP contribution in [0.2, 0.25) is 0 Å². The van der Waals surface area contributed by atoms with Crippen LogP contribution in [-0.4, -0.2) is 40.5 Å². The minimum Gasteiger partial charge on any atom is -0.394 e. The zero-order valence-corrected chi connectivity index (χ0v) is 15.0. The van der Waals surface area contributed by atoms with Crippen LogP contribution in [0.4, 0.5) is 0 Å². The molecule has 0 saturated heterocycles. The van der Waals surface area contributed by atoms with E-state index < -0.39 is 6.04 Å². The van der Waals surface area contributed by atoms with Crippen molar-refractivity contribution in [1.29, 1.82) is 0 Å². The zero-order valence-electron chi connectivity index (χ0n) is 15.0. The molecule has 5 heteroatoms. The summed E-state index contributed by atoms with van der Waals surface area (Å²) < 4.78 is 0. The number of fused-ring (bicyclic) bond motifs is 1. The molecule has 0 spiro atoms. The SMILES string of the molecule is CCC(C)C(C(=O)NC(CO)C(C)C)N1Cc2ccccc2C1=O. The van der Waals surface area contributed by atoms with E-state index in [1.807, 2.05) is 52.0 Å². The molecule has 0 aliphatic carbocycles. The van der Waals surface area contributed by atoms with E-state index in [1.54, 1.807) is 4.90 Å². The number of carbonyl (C=O) groups is 2. The van der Waals surface area contributed by atoms with Crippen molar-refractivity contribution in [2.75, 3.05) is 6.61 Å². The van der Waals surface area contributed by atoms with Gasteiger partial charge in [-0.1, -0.05) is 52.3 Å². The second-order valence-corrected chi connectivity index (χ2v) is 6.96. The van der Waals surface area contributed by atoms with Crippen LogP contribution >= 0.6 is 0 Å². The number of rotatable bonds is 7. The molecule has 0 radical (unpaired) electrons. The van der Waals surface area contributed by atoms with E-state index >= 15 is 0 Å². The summed E-state index contributed by atoms with van der Waals surface area (Å²) in [5.41, 5.74) is 1.65. The van der Waals surface area contributed by atoms with Gasteiger partial charge in [0.05, 0.1) is 12.6 Å². The Morgan fingerprint density at radius 3 is 2.50 bits per heavy atom. The molecule has 3 atom stereocenters. The Bertz CT molecular complexity index is 600. The molecule has 132 valence electrons. The standard InChI is InChI=1S/C19H28N2O3/c1-5-13(4)17(18(23)20-16(11-22)12(2)3)21-10-14-8-6-7-9-15(14)19(21)24/h6-9,12-13,16-17,22H,5,10-11H2,1-4H3,(H,20,23). The van der Waals surface area contributed by atoms with Crippen LogP contribution in [0.5, 0.6) is 0 Å². The number of aliphatic hydroxyl groups is 1. The third kappa shape index (κ3) is 3.61. The molecule has 1 aliphatic rings. The van der Waals surface area contributed by atoms with E-state index in [4.69, 9.17) is 0 Å². The third-order valence-electron chi connectivity index (χ3n) is 4.97. The van der Waals surface area contributed by atoms with Gasteiger partial charge in [-0.25, -0.2) is 0 Å². The summed E-state index contributed by atoms with van der Waals surface area (Å²) in [5.74, 6) is -0.104. The maximum atomic E-state index is 12.9. The number of nitrogens with zero attached hydrogens (tertiary/aromatic N) is 1. The molecule has 0 fully saturated rings. The minimum atomic E-state index is -0.525. The van der Waals surface area contributed by atoms with Crippen LogP contribution in [0.3, 0.4) is 0 Å². The molecule has 1 aliphatic heterocycles. The maximum absolute atomic E-state index is 12.9. The molecule has 0 bridgehead atoms. The van der Waals surface area contributed by atoms with E-state index in [1.165, 1.54) is 0 Å². The number of hydrogen-bond acceptors (Lipinski definition) is 3. The molecule has 0 saturated carbocycles. The van der Waals surface area contributed by atoms with Gasteiger partial charge in [-0.2, -0.15) is 0 Å². The summed E-state index contributed by atoms with van der Waals surface area (Å²) in [6, 6.07) is 6.68. The maximum Gasteiger partial charge on any atom is 0.255 e. The first-order valence-electron chi connectivity index (χ1n) is 8.70. The van der Waals surface area contributed by atoms with Gasteiger partial charge in [0, 0.05) is 12.1 Å². The summed E-state index contributed by atoms with van der Waals surface area (Å²) in [7, 11) is 0. The van der Waals surface area contributed by atoms with E-state index in [0.717, 1.165) is 12.0 Å². The van der Waals surface area contributed by atoms with Crippen molar-refractivity contribution in [3.8, 4) is 0 Å². The first kappa shape index (κ1) is 18.5. The zero-order chi connectivity index (χ0) is 17.9. The molecule has 1 aromatic carbocycles. The van der Waals surface area contributed by atoms with Crippen molar-refractivity contribution >= 4 is 11.8 Å². The molecule has 0 aromatic heterocycles. The smallest absolute Gasteiger partial charge is 0.255 e. The molecule has 24 heavy (non-hydrogen) atoms. The number of aliphatic hydroxyl groups excluding tert-OH is 1. The van der Waals surface area contributed by atoms with Gasteiger partial charge in [0.25, 0.3) is 5.91 Å². The first-order valence-corrected chi connectivity index (χ1v) is 8.70. The minimum absolute atomic E-state index is 0.0368. The van der Waals surface area contributed by atoms with E-state index in [2.05, 4.69) is 5.32 Å². The van der Waals surface area contributed by atoms with Crippen LogP contribution in [0, 0.1) is 11.8 Å². The highest BCUT2D eigenvalue weighted by molar-refractivity contribution is 6.01. The fraction of sp³-hybridized carbons (Fsp3) is 0.579. The third-order valence-corrected chi connectivity index (χ3v) is 4.97. The van der Waals surface area contributed by atoms with E-state index in [0.29, 0.717) is 12.1 Å². The van der Waals surface area contributed by atoms with Crippen LogP contribution in [0.15, 0.2) is 24.3 Å². The monoisotopic (exact) mass is 332 g/mol. The summed E-state index contributed by atoms with van der Waals surface area (Å²) in [6.45, 7) is 8.27. The largest absolute Gasteiger partial charge is 0.394 e. The van der Waals surface area contributed by atoms with E-state index in [9.17, 15) is 14.7 Å². The van der Waals surface area contributed by atoms with E-state index in [-0.39, 0.29) is 36.3 Å². The summed E-state index contributed by atoms with van der Waals surface area (Å²) in [4.78, 5) is 27.3. The van der Waals surface area contributed by atoms with Crippen molar-refractivity contribution in [1.82, 2.24) is 10.2 Å². The fourth-order valence-corrected chi connectivity index (χ4v) is 3.12. The van der Waals surface area contributed by atoms with Crippen molar-refractivity contribution in [3.05, 3.63) is 35.4 Å². The highest BCUT2D eigenvalue weighted by Crippen LogP contribution is 2.28. The lowest BCUT2D eigenvalue weighted by molar-refractivity contribution is -0.128. The van der Waals surface area contributed by atoms with Crippen LogP contribution < -0.4 is 5.32 Å². The molecule has 5 nitrogen and oxygen atoms in total. The molecular weight excluding hydrogens is 304 g/mol. The predicted molar refractivity (Wildman–Crippen MR) is 93.4 cm³/mol. The van der Waals surface area contributed by atoms with Crippen LogP contribution in [0.25, 0.3) is 0 Å². The van der Waals surface area contributed by atoms with Gasteiger partial charge in [0.15, 0.2) is 0 Å². The Kier molecular flexibility index (Phi) is 5.99. The average Bonchev–Trinajstić information content (AvgIpc) is 2.89. The molecule has 2 N–H and O–H groups in total. The predicted octanol–water partition coefficient (Wildman–Crippen LogP) is 2.19. The van der Waals surface area contributed by atoms with Gasteiger partial charge >= 0.3 is 0 Å². The number of carbonyl (C=O) groups excluding carboxylic acids is 2. The van der Waals surface area contributed by atoms with Crippen LogP contribution in [0.1, 0.15) is 50.0 Å². The number of nitrogens with one attached hydrogen (secondary N) is 1. The molecule has 1 heterocycles. The average molecular weight is 332 g/mol. The molecule has 3 unspecified atom stereocenters. The Morgan fingerprint density at radius 1 is 1.29 bits per heavy atom. The second kappa shape index (κ2) is 7.79. The number of hydrogen-bond donors (Lipinski definition) is 2. The summed E-state index contributed by atoms with van der Waals surface area (Å²) in [6.07, 6.45) is 0.795. The lowest BCUT2D eigenvalue weighted by Gasteiger charge is -2.33. The van der Waals surface area contributed by atoms with Gasteiger partial charge in [0.1, 0.15) is 6.04 Å². The highest BCUT2D eigenvalue weighted by atomic mass is 16.3. The highest BCUT2D eigenvalue weighted by Gasteiger charge is 2.39. The van der Waals surface area contributed by atoms with Crippen molar-refractivity contribution in [2.45, 2.75) is 52.7 Å². The summed E-state index contributed by atoms with van der Waals surface area (Å²) in [5, 5.41) is 12.4. The Balaban J connectivity index is 2.24. The van der Waals surface area contributed by atoms with Gasteiger partial charge in [0.2, 0.25) is 5.91 Å². The fourth-order valence-electron chi connectivity index (χ4n) is 3.12. The second-order valence-electron chi connectivity index (χ2n) is 6.96. The van der Waals surface area contributed by atoms with Gasteiger partial charge in [-0.3, -0.25) is 9.59 Å². The first-order chi connectivity index (χ1) is 11.4. The lowest BCUT2D eigenvalue weighted by atomic mass is 9.95. The quantitative estimate of drug-likeness (QED) is 0.804. The number of amides is 2. The molecule has 1 aromatic rings. The van der Waals surface area contributed by atoms with Crippen molar-refractivity contribution in [2.24, 2.45) is 11.8 Å². The Hall–Kier alpha value is -1.88. The topological polar surface area (TPSA) is 69.6 Å². The lowest BCUT2D eigenvalue weighted by Crippen LogP contribution is -2.54. The molecule has 2 amide bonds. The molecule has 2 rings (SSSR count). The van der Waals surface area contributed by atoms with Gasteiger partial charge < -0.3 is 15.3 Å². The van der Waals surface area contributed by atoms with Crippen molar-refractivity contribution in [3.63, 3.8) is 0 Å². The summed E-state index contributed by atoms with van der Waals surface area (Å²) >= 11 is 0.